The van der Waals surface area contributed by atoms with Gasteiger partial charge in [0.15, 0.2) is 0 Å². The molecule has 0 aliphatic rings. The van der Waals surface area contributed by atoms with Crippen molar-refractivity contribution in [2.75, 3.05) is 0 Å². The highest BCUT2D eigenvalue weighted by molar-refractivity contribution is 7.89. The van der Waals surface area contributed by atoms with Crippen LogP contribution in [0.4, 0.5) is 0 Å². The predicted octanol–water partition coefficient (Wildman–Crippen LogP) is 1.87. The van der Waals surface area contributed by atoms with Crippen molar-refractivity contribution in [3.8, 4) is 0 Å². The molecule has 2 rings (SSSR count). The Morgan fingerprint density at radius 2 is 2.14 bits per heavy atom. The molecule has 2 aromatic rings. The summed E-state index contributed by atoms with van der Waals surface area (Å²) < 4.78 is 27.0. The summed E-state index contributed by atoms with van der Waals surface area (Å²) in [6.07, 6.45) is 1.72. The van der Waals surface area contributed by atoms with Crippen LogP contribution in [0.3, 0.4) is 0 Å². The van der Waals surface area contributed by atoms with Gasteiger partial charge in [0.05, 0.1) is 11.4 Å². The van der Waals surface area contributed by atoms with Gasteiger partial charge in [0.25, 0.3) is 0 Å². The van der Waals surface area contributed by atoms with Crippen molar-refractivity contribution >= 4 is 38.6 Å². The molecule has 1 aromatic carbocycles. The van der Waals surface area contributed by atoms with Crippen LogP contribution in [0.25, 0.3) is 0 Å². The van der Waals surface area contributed by atoms with E-state index in [9.17, 15) is 8.42 Å². The summed E-state index contributed by atoms with van der Waals surface area (Å²) in [6.45, 7) is 3.88. The normalized spacial score (nSPS) is 11.5. The van der Waals surface area contributed by atoms with E-state index in [-0.39, 0.29) is 16.4 Å². The second kappa shape index (κ2) is 6.18. The van der Waals surface area contributed by atoms with Gasteiger partial charge in [-0.2, -0.15) is 0 Å². The molecule has 0 bridgehead atoms. The minimum Gasteiger partial charge on any atom is -0.389 e. The highest BCUT2D eigenvalue weighted by Gasteiger charge is 2.16. The number of aromatic nitrogens is 1. The molecule has 112 valence electrons. The van der Waals surface area contributed by atoms with Crippen LogP contribution < -0.4 is 10.5 Å². The van der Waals surface area contributed by atoms with E-state index in [1.165, 1.54) is 17.4 Å². The highest BCUT2D eigenvalue weighted by Crippen LogP contribution is 2.17. The van der Waals surface area contributed by atoms with Crippen molar-refractivity contribution in [1.29, 1.82) is 0 Å². The summed E-state index contributed by atoms with van der Waals surface area (Å²) >= 11 is 6.37. The van der Waals surface area contributed by atoms with Gasteiger partial charge in [0.1, 0.15) is 10.00 Å². The molecule has 0 atom stereocenters. The zero-order valence-corrected chi connectivity index (χ0v) is 14.0. The maximum atomic E-state index is 12.2. The molecule has 5 nitrogen and oxygen atoms in total. The Balaban J connectivity index is 2.19. The fourth-order valence-electron chi connectivity index (χ4n) is 1.80. The number of benzene rings is 1. The van der Waals surface area contributed by atoms with E-state index in [0.29, 0.717) is 5.56 Å². The van der Waals surface area contributed by atoms with Gasteiger partial charge in [-0.15, -0.1) is 11.3 Å². The van der Waals surface area contributed by atoms with Crippen LogP contribution in [0.1, 0.15) is 21.0 Å². The molecule has 0 unspecified atom stereocenters. The molecular weight excluding hydrogens is 326 g/mol. The average molecular weight is 341 g/mol. The summed E-state index contributed by atoms with van der Waals surface area (Å²) in [6, 6.07) is 4.68. The Labute approximate surface area is 133 Å². The Bertz CT molecular complexity index is 782. The first-order valence-corrected chi connectivity index (χ1v) is 8.82. The summed E-state index contributed by atoms with van der Waals surface area (Å²) in [5, 5.41) is 0.729. The molecule has 1 aromatic heterocycles. The van der Waals surface area contributed by atoms with Gasteiger partial charge < -0.3 is 5.73 Å². The van der Waals surface area contributed by atoms with Crippen LogP contribution in [-0.4, -0.2) is 18.4 Å². The number of thiocarbonyl (C=S) groups is 1. The van der Waals surface area contributed by atoms with Crippen molar-refractivity contribution in [3.05, 3.63) is 45.4 Å². The summed E-state index contributed by atoms with van der Waals surface area (Å²) in [7, 11) is -3.58. The second-order valence-corrected chi connectivity index (χ2v) is 8.06. The predicted molar refractivity (Wildman–Crippen MR) is 87.9 cm³/mol. The number of nitrogens with zero attached hydrogens (tertiary/aromatic N) is 1. The monoisotopic (exact) mass is 341 g/mol. The third-order valence-electron chi connectivity index (χ3n) is 2.86. The molecule has 1 heterocycles. The molecular formula is C13H15N3O2S3. The molecule has 0 radical (unpaired) electrons. The Morgan fingerprint density at radius 3 is 2.67 bits per heavy atom. The number of nitrogens with one attached hydrogen (secondary N) is 1. The van der Waals surface area contributed by atoms with Crippen LogP contribution in [0, 0.1) is 13.8 Å². The van der Waals surface area contributed by atoms with Gasteiger partial charge in [-0.3, -0.25) is 0 Å². The first-order chi connectivity index (χ1) is 9.79. The van der Waals surface area contributed by atoms with E-state index in [1.54, 1.807) is 25.3 Å². The number of rotatable bonds is 5. The molecule has 0 saturated carbocycles. The molecule has 0 spiro atoms. The van der Waals surface area contributed by atoms with Crippen molar-refractivity contribution in [2.45, 2.75) is 25.3 Å². The SMILES string of the molecule is Cc1cnc(CNS(=O)(=O)c2ccc(C(N)=S)c(C)c2)s1. The van der Waals surface area contributed by atoms with Gasteiger partial charge in [-0.1, -0.05) is 18.3 Å². The second-order valence-electron chi connectivity index (χ2n) is 4.53. The Morgan fingerprint density at radius 1 is 1.43 bits per heavy atom. The van der Waals surface area contributed by atoms with E-state index in [2.05, 4.69) is 9.71 Å². The van der Waals surface area contributed by atoms with Gasteiger partial charge in [-0.05, 0) is 31.5 Å². The molecule has 0 aliphatic carbocycles. The van der Waals surface area contributed by atoms with Crippen molar-refractivity contribution in [2.24, 2.45) is 5.73 Å². The lowest BCUT2D eigenvalue weighted by Crippen LogP contribution is -2.23. The quantitative estimate of drug-likeness (QED) is 0.811. The Kier molecular flexibility index (Phi) is 4.72. The van der Waals surface area contributed by atoms with Crippen LogP contribution >= 0.6 is 23.6 Å². The number of aryl methyl sites for hydroxylation is 2. The van der Waals surface area contributed by atoms with Crippen LogP contribution in [0.5, 0.6) is 0 Å². The van der Waals surface area contributed by atoms with E-state index < -0.39 is 10.0 Å². The number of hydrogen-bond donors (Lipinski definition) is 2. The number of nitrogens with two attached hydrogens (primary N) is 1. The zero-order chi connectivity index (χ0) is 15.6. The molecule has 0 amide bonds. The van der Waals surface area contributed by atoms with Crippen LogP contribution in [-0.2, 0) is 16.6 Å². The molecule has 3 N–H and O–H groups in total. The Hall–Kier alpha value is -1.35. The summed E-state index contributed by atoms with van der Waals surface area (Å²) in [4.78, 5) is 5.61. The van der Waals surface area contributed by atoms with Gasteiger partial charge in [0.2, 0.25) is 10.0 Å². The lowest BCUT2D eigenvalue weighted by Gasteiger charge is -2.09. The molecule has 0 fully saturated rings. The van der Waals surface area contributed by atoms with Crippen LogP contribution in [0.15, 0.2) is 29.3 Å². The standard InChI is InChI=1S/C13H15N3O2S3/c1-8-5-10(3-4-11(8)13(14)19)21(17,18)16-7-12-15-6-9(2)20-12/h3-6,16H,7H2,1-2H3,(H2,14,19). The summed E-state index contributed by atoms with van der Waals surface area (Å²) in [5.74, 6) is 0. The molecule has 0 aliphatic heterocycles. The highest BCUT2D eigenvalue weighted by atomic mass is 32.2. The van der Waals surface area contributed by atoms with E-state index >= 15 is 0 Å². The fourth-order valence-corrected chi connectivity index (χ4v) is 3.92. The minimum absolute atomic E-state index is 0.178. The number of sulfonamides is 1. The van der Waals surface area contributed by atoms with Crippen LogP contribution in [0.2, 0.25) is 0 Å². The molecule has 8 heteroatoms. The van der Waals surface area contributed by atoms with Gasteiger partial charge in [0, 0.05) is 16.6 Å². The summed E-state index contributed by atoms with van der Waals surface area (Å²) in [5.41, 5.74) is 6.98. The van der Waals surface area contributed by atoms with Crippen molar-refractivity contribution in [3.63, 3.8) is 0 Å². The lowest BCUT2D eigenvalue weighted by atomic mass is 10.1. The first kappa shape index (κ1) is 16.0. The third kappa shape index (κ3) is 3.85. The molecule has 21 heavy (non-hydrogen) atoms. The van der Waals surface area contributed by atoms with E-state index in [1.807, 2.05) is 6.92 Å². The topological polar surface area (TPSA) is 85.1 Å². The van der Waals surface area contributed by atoms with Gasteiger partial charge >= 0.3 is 0 Å². The maximum absolute atomic E-state index is 12.2. The van der Waals surface area contributed by atoms with E-state index in [4.69, 9.17) is 18.0 Å². The van der Waals surface area contributed by atoms with Crippen molar-refractivity contribution < 1.29 is 8.42 Å². The first-order valence-electron chi connectivity index (χ1n) is 6.11. The maximum Gasteiger partial charge on any atom is 0.240 e. The van der Waals surface area contributed by atoms with Gasteiger partial charge in [-0.25, -0.2) is 18.1 Å². The number of hydrogen-bond acceptors (Lipinski definition) is 5. The fraction of sp³-hybridized carbons (Fsp3) is 0.231. The third-order valence-corrected chi connectivity index (χ3v) is 5.39. The average Bonchev–Trinajstić information content (AvgIpc) is 2.82. The largest absolute Gasteiger partial charge is 0.389 e. The van der Waals surface area contributed by atoms with Crippen molar-refractivity contribution in [1.82, 2.24) is 9.71 Å². The van der Waals surface area contributed by atoms with E-state index in [0.717, 1.165) is 15.4 Å². The molecule has 0 saturated heterocycles. The minimum atomic E-state index is -3.58. The lowest BCUT2D eigenvalue weighted by molar-refractivity contribution is 0.581. The zero-order valence-electron chi connectivity index (χ0n) is 11.6. The smallest absolute Gasteiger partial charge is 0.240 e. The number of thiazole rings is 1.